The molecular weight excluding hydrogens is 348 g/mol. The average molecular weight is 385 g/mol. The first-order valence-corrected chi connectivity index (χ1v) is 9.70. The van der Waals surface area contributed by atoms with E-state index in [1.165, 1.54) is 7.05 Å². The Morgan fingerprint density at radius 2 is 1.85 bits per heavy atom. The first kappa shape index (κ1) is 23.2. The van der Waals surface area contributed by atoms with Gasteiger partial charge < -0.3 is 15.0 Å². The predicted molar refractivity (Wildman–Crippen MR) is 104 cm³/mol. The van der Waals surface area contributed by atoms with Crippen LogP contribution in [0, 0.1) is 5.92 Å². The molecule has 0 aromatic heterocycles. The van der Waals surface area contributed by atoms with Crippen molar-refractivity contribution >= 4 is 18.0 Å². The lowest BCUT2D eigenvalue weighted by atomic mass is 9.95. The van der Waals surface area contributed by atoms with Crippen LogP contribution in [0.25, 0.3) is 0 Å². The zero-order valence-corrected chi connectivity index (χ0v) is 17.8. The van der Waals surface area contributed by atoms with Crippen molar-refractivity contribution in [3.8, 4) is 0 Å². The number of amides is 4. The van der Waals surface area contributed by atoms with Crippen molar-refractivity contribution < 1.29 is 19.1 Å². The zero-order valence-electron chi connectivity index (χ0n) is 17.8. The lowest BCUT2D eigenvalue weighted by Crippen LogP contribution is -2.53. The van der Waals surface area contributed by atoms with Gasteiger partial charge in [-0.2, -0.15) is 0 Å². The first-order valence-electron chi connectivity index (χ1n) is 9.70. The third kappa shape index (κ3) is 7.74. The Balaban J connectivity index is 2.70. The van der Waals surface area contributed by atoms with Gasteiger partial charge >= 0.3 is 12.1 Å². The fraction of sp³-hybridized carbons (Fsp3) is 0.842. The highest BCUT2D eigenvalue weighted by molar-refractivity contribution is 5.96. The van der Waals surface area contributed by atoms with Crippen LogP contribution in [0.4, 0.5) is 9.59 Å². The Bertz CT molecular complexity index is 530. The van der Waals surface area contributed by atoms with E-state index >= 15 is 0 Å². The molecule has 27 heavy (non-hydrogen) atoms. The second-order valence-electron chi connectivity index (χ2n) is 8.47. The molecule has 0 radical (unpaired) electrons. The summed E-state index contributed by atoms with van der Waals surface area (Å²) in [7, 11) is 1.47. The van der Waals surface area contributed by atoms with Crippen molar-refractivity contribution in [1.82, 2.24) is 20.4 Å². The summed E-state index contributed by atoms with van der Waals surface area (Å²) >= 11 is 0. The molecule has 2 N–H and O–H groups in total. The SMILES string of the molecule is CNC(=O)NC(=O)[C@@H](C)N1CCC[C@H](CN(C(=O)OC(C)(C)C)C(C)C)C1. The van der Waals surface area contributed by atoms with Gasteiger partial charge in [-0.25, -0.2) is 9.59 Å². The molecule has 4 amide bonds. The average Bonchev–Trinajstić information content (AvgIpc) is 2.57. The molecule has 0 saturated carbocycles. The Labute approximate surface area is 163 Å². The van der Waals surface area contributed by atoms with Gasteiger partial charge in [0.15, 0.2) is 0 Å². The van der Waals surface area contributed by atoms with Gasteiger partial charge in [0.2, 0.25) is 5.91 Å². The van der Waals surface area contributed by atoms with E-state index in [-0.39, 0.29) is 24.0 Å². The van der Waals surface area contributed by atoms with Crippen LogP contribution in [-0.4, -0.2) is 72.2 Å². The van der Waals surface area contributed by atoms with Gasteiger partial charge in [0.25, 0.3) is 0 Å². The van der Waals surface area contributed by atoms with Gasteiger partial charge in [-0.15, -0.1) is 0 Å². The molecule has 1 fully saturated rings. The van der Waals surface area contributed by atoms with Gasteiger partial charge in [-0.05, 0) is 66.8 Å². The first-order chi connectivity index (χ1) is 12.4. The minimum Gasteiger partial charge on any atom is -0.444 e. The minimum absolute atomic E-state index is 0.0317. The van der Waals surface area contributed by atoms with E-state index in [1.54, 1.807) is 11.8 Å². The maximum atomic E-state index is 12.5. The molecule has 0 spiro atoms. The van der Waals surface area contributed by atoms with E-state index in [0.29, 0.717) is 13.1 Å². The fourth-order valence-corrected chi connectivity index (χ4v) is 3.14. The van der Waals surface area contributed by atoms with Crippen LogP contribution in [0.2, 0.25) is 0 Å². The molecule has 0 aromatic rings. The number of hydrogen-bond donors (Lipinski definition) is 2. The highest BCUT2D eigenvalue weighted by Gasteiger charge is 2.32. The van der Waals surface area contributed by atoms with E-state index in [2.05, 4.69) is 15.5 Å². The molecule has 0 aromatic carbocycles. The van der Waals surface area contributed by atoms with Gasteiger partial charge in [-0.3, -0.25) is 15.0 Å². The Morgan fingerprint density at radius 3 is 2.37 bits per heavy atom. The molecule has 1 heterocycles. The number of piperidine rings is 1. The number of likely N-dealkylation sites (tertiary alicyclic amines) is 1. The summed E-state index contributed by atoms with van der Waals surface area (Å²) in [6.07, 6.45) is 1.63. The second-order valence-corrected chi connectivity index (χ2v) is 8.47. The number of imide groups is 1. The Morgan fingerprint density at radius 1 is 1.22 bits per heavy atom. The minimum atomic E-state index is -0.532. The van der Waals surface area contributed by atoms with Crippen LogP contribution >= 0.6 is 0 Å². The smallest absolute Gasteiger partial charge is 0.410 e. The van der Waals surface area contributed by atoms with Crippen molar-refractivity contribution in [2.24, 2.45) is 5.92 Å². The van der Waals surface area contributed by atoms with Crippen molar-refractivity contribution in [3.63, 3.8) is 0 Å². The Kier molecular flexibility index (Phi) is 8.53. The van der Waals surface area contributed by atoms with Crippen LogP contribution in [0.3, 0.4) is 0 Å². The number of urea groups is 1. The third-order valence-electron chi connectivity index (χ3n) is 4.65. The van der Waals surface area contributed by atoms with Crippen molar-refractivity contribution in [1.29, 1.82) is 0 Å². The molecule has 1 saturated heterocycles. The molecule has 2 atom stereocenters. The number of hydrogen-bond acceptors (Lipinski definition) is 5. The predicted octanol–water partition coefficient (Wildman–Crippen LogP) is 2.19. The molecule has 156 valence electrons. The maximum absolute atomic E-state index is 12.5. The molecule has 8 nitrogen and oxygen atoms in total. The van der Waals surface area contributed by atoms with Gasteiger partial charge in [-0.1, -0.05) is 0 Å². The quantitative estimate of drug-likeness (QED) is 0.758. The van der Waals surface area contributed by atoms with Crippen LogP contribution in [0.1, 0.15) is 54.4 Å². The molecule has 8 heteroatoms. The summed E-state index contributed by atoms with van der Waals surface area (Å²) < 4.78 is 5.54. The summed E-state index contributed by atoms with van der Waals surface area (Å²) in [5.41, 5.74) is -0.532. The third-order valence-corrected chi connectivity index (χ3v) is 4.65. The van der Waals surface area contributed by atoms with E-state index in [0.717, 1.165) is 19.4 Å². The van der Waals surface area contributed by atoms with E-state index in [1.807, 2.05) is 34.6 Å². The number of carbonyl (C=O) groups is 3. The maximum Gasteiger partial charge on any atom is 0.410 e. The van der Waals surface area contributed by atoms with Crippen molar-refractivity contribution in [2.75, 3.05) is 26.7 Å². The van der Waals surface area contributed by atoms with Crippen LogP contribution in [0.15, 0.2) is 0 Å². The molecule has 0 aliphatic carbocycles. The topological polar surface area (TPSA) is 91.0 Å². The van der Waals surface area contributed by atoms with Gasteiger partial charge in [0, 0.05) is 26.2 Å². The highest BCUT2D eigenvalue weighted by atomic mass is 16.6. The lowest BCUT2D eigenvalue weighted by Gasteiger charge is -2.39. The second kappa shape index (κ2) is 9.92. The summed E-state index contributed by atoms with van der Waals surface area (Å²) in [6.45, 7) is 13.4. The summed E-state index contributed by atoms with van der Waals surface area (Å²) in [5.74, 6) is -0.0632. The van der Waals surface area contributed by atoms with Crippen LogP contribution in [0.5, 0.6) is 0 Å². The zero-order chi connectivity index (χ0) is 20.8. The Hall–Kier alpha value is -1.83. The number of rotatable bonds is 5. The number of nitrogens with one attached hydrogen (secondary N) is 2. The summed E-state index contributed by atoms with van der Waals surface area (Å²) in [5, 5.41) is 4.71. The molecule has 0 bridgehead atoms. The van der Waals surface area contributed by atoms with Crippen molar-refractivity contribution in [2.45, 2.75) is 72.1 Å². The monoisotopic (exact) mass is 384 g/mol. The number of ether oxygens (including phenoxy) is 1. The lowest BCUT2D eigenvalue weighted by molar-refractivity contribution is -0.125. The normalized spacial score (nSPS) is 19.3. The molecule has 1 rings (SSSR count). The highest BCUT2D eigenvalue weighted by Crippen LogP contribution is 2.22. The number of nitrogens with zero attached hydrogens (tertiary/aromatic N) is 2. The molecule has 1 aliphatic rings. The van der Waals surface area contributed by atoms with E-state index in [4.69, 9.17) is 4.74 Å². The van der Waals surface area contributed by atoms with Gasteiger partial charge in [0.05, 0.1) is 6.04 Å². The summed E-state index contributed by atoms with van der Waals surface area (Å²) in [4.78, 5) is 39.9. The van der Waals surface area contributed by atoms with Crippen LogP contribution < -0.4 is 10.6 Å². The fourth-order valence-electron chi connectivity index (χ4n) is 3.14. The molecule has 1 aliphatic heterocycles. The van der Waals surface area contributed by atoms with Crippen LogP contribution in [-0.2, 0) is 9.53 Å². The largest absolute Gasteiger partial charge is 0.444 e. The molecule has 0 unspecified atom stereocenters. The van der Waals surface area contributed by atoms with Crippen molar-refractivity contribution in [3.05, 3.63) is 0 Å². The summed E-state index contributed by atoms with van der Waals surface area (Å²) in [6, 6.07) is -0.875. The molecular formula is C19H36N4O4. The van der Waals surface area contributed by atoms with E-state index < -0.39 is 17.7 Å². The van der Waals surface area contributed by atoms with E-state index in [9.17, 15) is 14.4 Å². The van der Waals surface area contributed by atoms with Gasteiger partial charge in [0.1, 0.15) is 5.60 Å². The standard InChI is InChI=1S/C19H36N4O4/c1-13(2)23(18(26)27-19(4,5)6)12-15-9-8-10-22(11-15)14(3)16(24)21-17(25)20-7/h13-15H,8-12H2,1-7H3,(H2,20,21,24,25)/t14-,15+/m1/s1. The number of carbonyl (C=O) groups excluding carboxylic acids is 3.